The standard InChI is InChI=1S/C23H18N2O5S/c1-3-23(29)14-7-16-18-12(8-25(16)21(27)13(14)9-30-22(23)28)11-4-5-31-20-17(11)15(24-18)6-10(2)19(20)26/h4-7,26,29H,3,8-9H2,1-2H3/t23-/m0/s1. The Bertz CT molecular complexity index is 1460. The van der Waals surface area contributed by atoms with Crippen molar-refractivity contribution in [3.05, 3.63) is 55.7 Å². The van der Waals surface area contributed by atoms with Gasteiger partial charge in [-0.3, -0.25) is 4.79 Å². The minimum Gasteiger partial charge on any atom is -0.506 e. The topological polar surface area (TPSA) is 102 Å². The highest BCUT2D eigenvalue weighted by Gasteiger charge is 2.45. The highest BCUT2D eigenvalue weighted by Crippen LogP contribution is 2.47. The third-order valence-corrected chi connectivity index (χ3v) is 7.47. The number of phenols is 1. The summed E-state index contributed by atoms with van der Waals surface area (Å²) in [5.74, 6) is -0.487. The smallest absolute Gasteiger partial charge is 0.343 e. The summed E-state index contributed by atoms with van der Waals surface area (Å²) < 4.78 is 6.76. The van der Waals surface area contributed by atoms with Crippen molar-refractivity contribution in [3.8, 4) is 17.1 Å². The number of ether oxygens (including phenoxy) is 1. The first kappa shape index (κ1) is 18.7. The van der Waals surface area contributed by atoms with E-state index in [1.807, 2.05) is 24.5 Å². The van der Waals surface area contributed by atoms with Crippen LogP contribution < -0.4 is 5.56 Å². The van der Waals surface area contributed by atoms with Crippen LogP contribution in [0.3, 0.4) is 0 Å². The fraction of sp³-hybridized carbons (Fsp3) is 0.261. The number of nitrogens with zero attached hydrogens (tertiary/aromatic N) is 2. The summed E-state index contributed by atoms with van der Waals surface area (Å²) >= 11 is 1.45. The number of esters is 1. The molecule has 3 aromatic rings. The predicted octanol–water partition coefficient (Wildman–Crippen LogP) is 3.17. The Labute approximate surface area is 181 Å². The van der Waals surface area contributed by atoms with Gasteiger partial charge >= 0.3 is 5.97 Å². The molecule has 5 heterocycles. The van der Waals surface area contributed by atoms with Gasteiger partial charge in [0.2, 0.25) is 0 Å². The van der Waals surface area contributed by atoms with Gasteiger partial charge in [0.15, 0.2) is 5.60 Å². The van der Waals surface area contributed by atoms with Crippen LogP contribution in [0.4, 0.5) is 0 Å². The fourth-order valence-electron chi connectivity index (χ4n) is 4.83. The molecule has 156 valence electrons. The zero-order valence-corrected chi connectivity index (χ0v) is 17.7. The van der Waals surface area contributed by atoms with Gasteiger partial charge in [0.05, 0.1) is 33.9 Å². The highest BCUT2D eigenvalue weighted by molar-refractivity contribution is 8.02. The molecule has 0 radical (unpaired) electrons. The largest absolute Gasteiger partial charge is 0.506 e. The van der Waals surface area contributed by atoms with E-state index in [1.165, 1.54) is 11.8 Å². The average Bonchev–Trinajstić information content (AvgIpc) is 3.14. The number of phenolic OH excluding ortho intramolecular Hbond substituents is 1. The summed E-state index contributed by atoms with van der Waals surface area (Å²) in [6, 6.07) is 3.56. The summed E-state index contributed by atoms with van der Waals surface area (Å²) in [5, 5.41) is 24.4. The van der Waals surface area contributed by atoms with Crippen LogP contribution >= 0.6 is 11.8 Å². The fourth-order valence-corrected chi connectivity index (χ4v) is 5.77. The van der Waals surface area contributed by atoms with Gasteiger partial charge in [-0.25, -0.2) is 9.78 Å². The third kappa shape index (κ3) is 2.21. The molecule has 8 heteroatoms. The van der Waals surface area contributed by atoms with Crippen LogP contribution in [0, 0.1) is 6.92 Å². The van der Waals surface area contributed by atoms with Crippen LogP contribution in [0.5, 0.6) is 5.75 Å². The number of carbonyl (C=O) groups excluding carboxylic acids is 1. The molecule has 0 saturated carbocycles. The van der Waals surface area contributed by atoms with E-state index in [1.54, 1.807) is 17.6 Å². The molecule has 3 aliphatic rings. The number of cyclic esters (lactones) is 1. The van der Waals surface area contributed by atoms with E-state index >= 15 is 0 Å². The molecule has 3 aliphatic heterocycles. The van der Waals surface area contributed by atoms with Crippen LogP contribution in [-0.4, -0.2) is 25.7 Å². The van der Waals surface area contributed by atoms with Gasteiger partial charge in [-0.15, -0.1) is 0 Å². The maximum absolute atomic E-state index is 13.3. The normalized spacial score (nSPS) is 20.4. The number of fused-ring (bicyclic) bond motifs is 5. The number of rotatable bonds is 1. The lowest BCUT2D eigenvalue weighted by Crippen LogP contribution is -2.44. The Balaban J connectivity index is 1.70. The second kappa shape index (κ2) is 5.99. The predicted molar refractivity (Wildman–Crippen MR) is 116 cm³/mol. The Morgan fingerprint density at radius 3 is 2.87 bits per heavy atom. The molecule has 2 aromatic heterocycles. The zero-order chi connectivity index (χ0) is 21.7. The Morgan fingerprint density at radius 1 is 1.29 bits per heavy atom. The van der Waals surface area contributed by atoms with E-state index in [4.69, 9.17) is 9.72 Å². The van der Waals surface area contributed by atoms with Gasteiger partial charge in [-0.05, 0) is 48.1 Å². The molecular formula is C23H18N2O5S. The first-order valence-corrected chi connectivity index (χ1v) is 10.9. The lowest BCUT2D eigenvalue weighted by atomic mass is 9.86. The molecule has 6 rings (SSSR count). The van der Waals surface area contributed by atoms with Crippen molar-refractivity contribution in [1.82, 2.24) is 9.55 Å². The SMILES string of the molecule is CC[C@@]1(O)C(=O)OCc2c1cc1n(c2=O)Cc2c-1nc1cc(C)c(O)c3c1c2C=CS3. The molecule has 0 spiro atoms. The monoisotopic (exact) mass is 434 g/mol. The number of aryl methyl sites for hydroxylation is 1. The number of thioether (sulfide) groups is 1. The number of hydrogen-bond acceptors (Lipinski definition) is 7. The average molecular weight is 434 g/mol. The lowest BCUT2D eigenvalue weighted by Gasteiger charge is -2.31. The quantitative estimate of drug-likeness (QED) is 0.444. The number of pyridine rings is 2. The molecule has 0 unspecified atom stereocenters. The van der Waals surface area contributed by atoms with Gasteiger partial charge in [-0.1, -0.05) is 18.7 Å². The van der Waals surface area contributed by atoms with E-state index in [0.29, 0.717) is 29.1 Å². The molecular weight excluding hydrogens is 416 g/mol. The van der Waals surface area contributed by atoms with Crippen LogP contribution in [0.2, 0.25) is 0 Å². The minimum absolute atomic E-state index is 0.104. The van der Waals surface area contributed by atoms with Gasteiger partial charge in [0.25, 0.3) is 5.56 Å². The van der Waals surface area contributed by atoms with E-state index in [0.717, 1.165) is 32.5 Å². The van der Waals surface area contributed by atoms with Gasteiger partial charge in [-0.2, -0.15) is 0 Å². The summed E-state index contributed by atoms with van der Waals surface area (Å²) in [6.07, 6.45) is 2.09. The molecule has 0 aliphatic carbocycles. The molecule has 1 aromatic carbocycles. The molecule has 0 amide bonds. The van der Waals surface area contributed by atoms with E-state index in [2.05, 4.69) is 0 Å². The molecule has 0 fully saturated rings. The van der Waals surface area contributed by atoms with Crippen molar-refractivity contribution in [2.24, 2.45) is 0 Å². The first-order chi connectivity index (χ1) is 14.8. The molecule has 31 heavy (non-hydrogen) atoms. The van der Waals surface area contributed by atoms with Crippen LogP contribution in [0.1, 0.15) is 41.2 Å². The van der Waals surface area contributed by atoms with Crippen molar-refractivity contribution >= 4 is 34.7 Å². The minimum atomic E-state index is -1.84. The summed E-state index contributed by atoms with van der Waals surface area (Å²) in [4.78, 5) is 31.3. The summed E-state index contributed by atoms with van der Waals surface area (Å²) in [7, 11) is 0. The number of carbonyl (C=O) groups is 1. The van der Waals surface area contributed by atoms with Crippen molar-refractivity contribution < 1.29 is 19.7 Å². The van der Waals surface area contributed by atoms with Crippen LogP contribution in [0.25, 0.3) is 28.4 Å². The highest BCUT2D eigenvalue weighted by atomic mass is 32.2. The van der Waals surface area contributed by atoms with Crippen molar-refractivity contribution in [2.75, 3.05) is 0 Å². The number of hydrogen-bond donors (Lipinski definition) is 2. The van der Waals surface area contributed by atoms with Crippen molar-refractivity contribution in [2.45, 2.75) is 43.9 Å². The van der Waals surface area contributed by atoms with Gasteiger partial charge in [0, 0.05) is 16.5 Å². The zero-order valence-electron chi connectivity index (χ0n) is 16.9. The Kier molecular flexibility index (Phi) is 3.60. The molecule has 7 nitrogen and oxygen atoms in total. The molecule has 2 N–H and O–H groups in total. The van der Waals surface area contributed by atoms with Crippen molar-refractivity contribution in [3.63, 3.8) is 0 Å². The number of aliphatic hydroxyl groups is 1. The third-order valence-electron chi connectivity index (χ3n) is 6.56. The molecule has 0 saturated heterocycles. The van der Waals surface area contributed by atoms with Crippen molar-refractivity contribution in [1.29, 1.82) is 0 Å². The van der Waals surface area contributed by atoms with E-state index in [-0.39, 0.29) is 24.3 Å². The second-order valence-corrected chi connectivity index (χ2v) is 9.06. The lowest BCUT2D eigenvalue weighted by molar-refractivity contribution is -0.172. The molecule has 1 atom stereocenters. The van der Waals surface area contributed by atoms with Gasteiger partial charge < -0.3 is 19.5 Å². The molecule has 0 bridgehead atoms. The second-order valence-electron chi connectivity index (χ2n) is 8.14. The van der Waals surface area contributed by atoms with Gasteiger partial charge in [0.1, 0.15) is 12.4 Å². The summed E-state index contributed by atoms with van der Waals surface area (Å²) in [5.41, 5.74) is 3.01. The maximum atomic E-state index is 13.3. The number of aromatic hydroxyl groups is 1. The van der Waals surface area contributed by atoms with E-state index < -0.39 is 11.6 Å². The first-order valence-electron chi connectivity index (χ1n) is 10.0. The van der Waals surface area contributed by atoms with E-state index in [9.17, 15) is 19.8 Å². The number of benzene rings is 1. The number of aromatic nitrogens is 2. The Hall–Kier alpha value is -3.10. The maximum Gasteiger partial charge on any atom is 0.343 e. The van der Waals surface area contributed by atoms with Crippen LogP contribution in [0.15, 0.2) is 27.2 Å². The Morgan fingerprint density at radius 2 is 2.10 bits per heavy atom. The van der Waals surface area contributed by atoms with Crippen LogP contribution in [-0.2, 0) is 28.3 Å². The summed E-state index contributed by atoms with van der Waals surface area (Å²) in [6.45, 7) is 3.70.